The second-order valence-corrected chi connectivity index (χ2v) is 7.48. The molecule has 0 aromatic rings. The molecule has 96 valence electrons. The highest BCUT2D eigenvalue weighted by Gasteiger charge is 2.46. The number of carbonyl (C=O) groups excluding carboxylic acids is 1. The van der Waals surface area contributed by atoms with Crippen LogP contribution in [0.5, 0.6) is 0 Å². The molecule has 0 amide bonds. The number of allylic oxidation sites excluding steroid dienone is 4. The monoisotopic (exact) mass is 234 g/mol. The maximum absolute atomic E-state index is 12.8. The van der Waals surface area contributed by atoms with Crippen LogP contribution in [0, 0.1) is 16.2 Å². The molecule has 1 atom stereocenters. The Hall–Kier alpha value is -0.850. The van der Waals surface area contributed by atoms with Crippen LogP contribution in [0.4, 0.5) is 0 Å². The fourth-order valence-corrected chi connectivity index (χ4v) is 2.25. The number of Topliss-reactive ketones (excluding diaryl/α,β-unsaturated/α-hetero) is 1. The molecule has 0 radical (unpaired) electrons. The van der Waals surface area contributed by atoms with Crippen molar-refractivity contribution in [3.63, 3.8) is 0 Å². The van der Waals surface area contributed by atoms with Crippen LogP contribution < -0.4 is 0 Å². The number of hydrogen-bond acceptors (Lipinski definition) is 1. The summed E-state index contributed by atoms with van der Waals surface area (Å²) in [5.74, 6) is 0.281. The standard InChI is InChI=1S/C16H26O/c1-11-9-12(14(2,3)4)13(17)16(8,10-11)15(5,6)7/h9-10H,1-8H3/t16-/m0/s1. The van der Waals surface area contributed by atoms with E-state index < -0.39 is 5.41 Å². The fraction of sp³-hybridized carbons (Fsp3) is 0.688. The molecule has 1 rings (SSSR count). The third-order valence-corrected chi connectivity index (χ3v) is 3.97. The lowest BCUT2D eigenvalue weighted by Gasteiger charge is -2.43. The Kier molecular flexibility index (Phi) is 3.20. The topological polar surface area (TPSA) is 17.1 Å². The Morgan fingerprint density at radius 2 is 1.53 bits per heavy atom. The summed E-state index contributed by atoms with van der Waals surface area (Å²) in [6.45, 7) is 16.9. The zero-order chi connectivity index (χ0) is 13.6. The van der Waals surface area contributed by atoms with E-state index in [9.17, 15) is 4.79 Å². The molecule has 0 unspecified atom stereocenters. The van der Waals surface area contributed by atoms with Gasteiger partial charge >= 0.3 is 0 Å². The highest BCUT2D eigenvalue weighted by atomic mass is 16.1. The van der Waals surface area contributed by atoms with Gasteiger partial charge in [0.05, 0.1) is 5.41 Å². The molecule has 0 fully saturated rings. The molecule has 0 heterocycles. The van der Waals surface area contributed by atoms with Gasteiger partial charge in [-0.1, -0.05) is 59.3 Å². The minimum absolute atomic E-state index is 0.0594. The third-order valence-electron chi connectivity index (χ3n) is 3.97. The SMILES string of the molecule is CC1=C[C@](C)(C(C)(C)C)C(=O)C(C(C)(C)C)=C1. The van der Waals surface area contributed by atoms with Gasteiger partial charge in [-0.3, -0.25) is 4.79 Å². The van der Waals surface area contributed by atoms with Gasteiger partial charge in [0.1, 0.15) is 0 Å². The second kappa shape index (κ2) is 3.83. The van der Waals surface area contributed by atoms with Crippen LogP contribution in [-0.2, 0) is 4.79 Å². The molecule has 0 aromatic heterocycles. The summed E-state index contributed by atoms with van der Waals surface area (Å²) in [6.07, 6.45) is 4.18. The van der Waals surface area contributed by atoms with E-state index in [1.54, 1.807) is 0 Å². The average Bonchev–Trinajstić information content (AvgIpc) is 2.07. The Morgan fingerprint density at radius 3 is 1.88 bits per heavy atom. The molecular formula is C16H26O. The smallest absolute Gasteiger partial charge is 0.169 e. The molecule has 0 bridgehead atoms. The Labute approximate surface area is 106 Å². The Morgan fingerprint density at radius 1 is 1.06 bits per heavy atom. The number of hydrogen-bond donors (Lipinski definition) is 0. The summed E-state index contributed by atoms with van der Waals surface area (Å²) in [6, 6.07) is 0. The van der Waals surface area contributed by atoms with Gasteiger partial charge in [-0.25, -0.2) is 0 Å². The highest BCUT2D eigenvalue weighted by Crippen LogP contribution is 2.48. The van der Waals surface area contributed by atoms with Crippen LogP contribution >= 0.6 is 0 Å². The van der Waals surface area contributed by atoms with E-state index in [4.69, 9.17) is 0 Å². The summed E-state index contributed by atoms with van der Waals surface area (Å²) >= 11 is 0. The van der Waals surface area contributed by atoms with E-state index in [1.165, 1.54) is 5.57 Å². The van der Waals surface area contributed by atoms with E-state index in [0.717, 1.165) is 5.57 Å². The average molecular weight is 234 g/mol. The van der Waals surface area contributed by atoms with Crippen LogP contribution in [0.2, 0.25) is 0 Å². The van der Waals surface area contributed by atoms with Gasteiger partial charge in [-0.2, -0.15) is 0 Å². The predicted octanol–water partition coefficient (Wildman–Crippen LogP) is 4.54. The Bertz CT molecular complexity index is 396. The van der Waals surface area contributed by atoms with Gasteiger partial charge in [0, 0.05) is 5.57 Å². The fourth-order valence-electron chi connectivity index (χ4n) is 2.25. The summed E-state index contributed by atoms with van der Waals surface area (Å²) in [5, 5.41) is 0. The van der Waals surface area contributed by atoms with Crippen LogP contribution in [0.1, 0.15) is 55.4 Å². The maximum atomic E-state index is 12.8. The molecule has 1 nitrogen and oxygen atoms in total. The molecule has 0 saturated heterocycles. The van der Waals surface area contributed by atoms with Gasteiger partial charge in [0.2, 0.25) is 0 Å². The molecule has 0 aromatic carbocycles. The van der Waals surface area contributed by atoms with Crippen molar-refractivity contribution in [1.82, 2.24) is 0 Å². The number of carbonyl (C=O) groups is 1. The minimum atomic E-state index is -0.394. The van der Waals surface area contributed by atoms with Gasteiger partial charge in [-0.05, 0) is 24.7 Å². The predicted molar refractivity (Wildman–Crippen MR) is 73.9 cm³/mol. The molecule has 1 heteroatoms. The van der Waals surface area contributed by atoms with Crippen molar-refractivity contribution in [3.05, 3.63) is 23.3 Å². The zero-order valence-electron chi connectivity index (χ0n) is 12.6. The quantitative estimate of drug-likeness (QED) is 0.601. The lowest BCUT2D eigenvalue weighted by Crippen LogP contribution is -2.43. The number of ketones is 1. The van der Waals surface area contributed by atoms with Gasteiger partial charge in [0.15, 0.2) is 5.78 Å². The van der Waals surface area contributed by atoms with Crippen LogP contribution in [0.25, 0.3) is 0 Å². The lowest BCUT2D eigenvalue weighted by molar-refractivity contribution is -0.127. The van der Waals surface area contributed by atoms with Crippen molar-refractivity contribution in [1.29, 1.82) is 0 Å². The largest absolute Gasteiger partial charge is 0.294 e. The first-order valence-corrected chi connectivity index (χ1v) is 6.36. The molecule has 17 heavy (non-hydrogen) atoms. The van der Waals surface area contributed by atoms with Crippen molar-refractivity contribution in [2.75, 3.05) is 0 Å². The highest BCUT2D eigenvalue weighted by molar-refractivity contribution is 6.04. The van der Waals surface area contributed by atoms with Crippen molar-refractivity contribution < 1.29 is 4.79 Å². The van der Waals surface area contributed by atoms with Crippen molar-refractivity contribution >= 4 is 5.78 Å². The molecular weight excluding hydrogens is 208 g/mol. The van der Waals surface area contributed by atoms with Crippen molar-refractivity contribution in [2.24, 2.45) is 16.2 Å². The summed E-state index contributed by atoms with van der Waals surface area (Å²) in [5.41, 5.74) is 1.62. The molecule has 0 saturated carbocycles. The van der Waals surface area contributed by atoms with Crippen LogP contribution in [-0.4, -0.2) is 5.78 Å². The van der Waals surface area contributed by atoms with Crippen LogP contribution in [0.3, 0.4) is 0 Å². The van der Waals surface area contributed by atoms with E-state index in [-0.39, 0.29) is 16.6 Å². The first kappa shape index (κ1) is 14.2. The first-order valence-electron chi connectivity index (χ1n) is 6.36. The molecule has 1 aliphatic carbocycles. The molecule has 0 N–H and O–H groups in total. The molecule has 0 spiro atoms. The zero-order valence-corrected chi connectivity index (χ0v) is 12.6. The van der Waals surface area contributed by atoms with Crippen molar-refractivity contribution in [2.45, 2.75) is 55.4 Å². The van der Waals surface area contributed by atoms with E-state index in [1.807, 2.05) is 0 Å². The maximum Gasteiger partial charge on any atom is 0.169 e. The van der Waals surface area contributed by atoms with Crippen molar-refractivity contribution in [3.8, 4) is 0 Å². The van der Waals surface area contributed by atoms with E-state index in [0.29, 0.717) is 0 Å². The van der Waals surface area contributed by atoms with Gasteiger partial charge in [0.25, 0.3) is 0 Å². The van der Waals surface area contributed by atoms with Gasteiger partial charge < -0.3 is 0 Å². The van der Waals surface area contributed by atoms with Crippen LogP contribution in [0.15, 0.2) is 23.3 Å². The van der Waals surface area contributed by atoms with Gasteiger partial charge in [-0.15, -0.1) is 0 Å². The summed E-state index contributed by atoms with van der Waals surface area (Å²) in [4.78, 5) is 12.8. The van der Waals surface area contributed by atoms with E-state index >= 15 is 0 Å². The lowest BCUT2D eigenvalue weighted by atomic mass is 9.59. The second-order valence-electron chi connectivity index (χ2n) is 7.48. The summed E-state index contributed by atoms with van der Waals surface area (Å²) < 4.78 is 0. The molecule has 1 aliphatic rings. The first-order chi connectivity index (χ1) is 7.39. The molecule has 0 aliphatic heterocycles. The normalized spacial score (nSPS) is 26.7. The Balaban J connectivity index is 3.38. The number of rotatable bonds is 0. The minimum Gasteiger partial charge on any atom is -0.294 e. The van der Waals surface area contributed by atoms with E-state index in [2.05, 4.69) is 67.5 Å². The summed E-state index contributed by atoms with van der Waals surface area (Å²) in [7, 11) is 0. The third kappa shape index (κ3) is 2.38.